The smallest absolute Gasteiger partial charge is 0.416 e. The highest BCUT2D eigenvalue weighted by molar-refractivity contribution is 5.52. The molecule has 0 saturated heterocycles. The summed E-state index contributed by atoms with van der Waals surface area (Å²) < 4.78 is 43.3. The zero-order chi connectivity index (χ0) is 15.6. The van der Waals surface area contributed by atoms with Crippen molar-refractivity contribution in [1.82, 2.24) is 0 Å². The van der Waals surface area contributed by atoms with E-state index in [1.165, 1.54) is 0 Å². The van der Waals surface area contributed by atoms with Crippen LogP contribution in [0.3, 0.4) is 0 Å². The molecule has 2 aromatic rings. The van der Waals surface area contributed by atoms with Crippen LogP contribution in [-0.2, 0) is 6.18 Å². The normalized spacial score (nSPS) is 11.0. The maximum Gasteiger partial charge on any atom is 0.416 e. The zero-order valence-corrected chi connectivity index (χ0v) is 11.0. The van der Waals surface area contributed by atoms with Gasteiger partial charge in [0, 0.05) is 5.69 Å². The number of halogens is 3. The van der Waals surface area contributed by atoms with Crippen LogP contribution in [0.15, 0.2) is 36.4 Å². The minimum atomic E-state index is -4.50. The highest BCUT2D eigenvalue weighted by atomic mass is 19.4. The molecule has 0 unspecified atom stereocenters. The Labute approximate surface area is 119 Å². The molecule has 108 valence electrons. The lowest BCUT2D eigenvalue weighted by atomic mass is 10.1. The van der Waals surface area contributed by atoms with Gasteiger partial charge in [0.05, 0.1) is 11.1 Å². The second-order valence-electron chi connectivity index (χ2n) is 4.45. The lowest BCUT2D eigenvalue weighted by Gasteiger charge is -2.12. The van der Waals surface area contributed by atoms with Gasteiger partial charge in [-0.25, -0.2) is 0 Å². The van der Waals surface area contributed by atoms with E-state index in [1.807, 2.05) is 0 Å². The summed E-state index contributed by atoms with van der Waals surface area (Å²) in [6.45, 7) is 1.75. The Bertz CT molecular complexity index is 718. The van der Waals surface area contributed by atoms with Crippen LogP contribution in [-0.4, -0.2) is 0 Å². The molecule has 0 heterocycles. The van der Waals surface area contributed by atoms with Gasteiger partial charge in [-0.3, -0.25) is 0 Å². The first-order chi connectivity index (χ1) is 9.81. The first-order valence-electron chi connectivity index (χ1n) is 5.96. The fraction of sp³-hybridized carbons (Fsp3) is 0.133. The molecule has 0 aliphatic heterocycles. The summed E-state index contributed by atoms with van der Waals surface area (Å²) in [7, 11) is 0. The van der Waals surface area contributed by atoms with Crippen molar-refractivity contribution < 1.29 is 17.9 Å². The Balaban J connectivity index is 2.39. The standard InChI is InChI=1S/C15H11F3N2O/c1-9-6-12(20)3-5-13(9)21-14-4-2-11(15(16,17)18)7-10(14)8-19/h2-7H,20H2,1H3. The Morgan fingerprint density at radius 3 is 2.33 bits per heavy atom. The number of alkyl halides is 3. The van der Waals surface area contributed by atoms with Crippen molar-refractivity contribution in [2.24, 2.45) is 0 Å². The molecule has 0 bridgehead atoms. The van der Waals surface area contributed by atoms with E-state index < -0.39 is 11.7 Å². The molecule has 2 N–H and O–H groups in total. The molecule has 2 aromatic carbocycles. The van der Waals surface area contributed by atoms with Gasteiger partial charge in [-0.15, -0.1) is 0 Å². The maximum atomic E-state index is 12.6. The number of nitrogens with two attached hydrogens (primary N) is 1. The van der Waals surface area contributed by atoms with Gasteiger partial charge < -0.3 is 10.5 Å². The summed E-state index contributed by atoms with van der Waals surface area (Å²) in [5, 5.41) is 8.98. The largest absolute Gasteiger partial charge is 0.456 e. The lowest BCUT2D eigenvalue weighted by molar-refractivity contribution is -0.137. The Morgan fingerprint density at radius 2 is 1.76 bits per heavy atom. The van der Waals surface area contributed by atoms with Gasteiger partial charge in [0.1, 0.15) is 17.6 Å². The number of benzene rings is 2. The minimum absolute atomic E-state index is 0.0679. The number of ether oxygens (including phenoxy) is 1. The second-order valence-corrected chi connectivity index (χ2v) is 4.45. The van der Waals surface area contributed by atoms with Crippen LogP contribution in [0.1, 0.15) is 16.7 Å². The fourth-order valence-electron chi connectivity index (χ4n) is 1.79. The predicted molar refractivity (Wildman–Crippen MR) is 71.8 cm³/mol. The molecule has 6 heteroatoms. The van der Waals surface area contributed by atoms with Crippen molar-refractivity contribution in [3.63, 3.8) is 0 Å². The number of aryl methyl sites for hydroxylation is 1. The van der Waals surface area contributed by atoms with E-state index in [9.17, 15) is 13.2 Å². The zero-order valence-electron chi connectivity index (χ0n) is 11.0. The van der Waals surface area contributed by atoms with Gasteiger partial charge in [0.25, 0.3) is 0 Å². The van der Waals surface area contributed by atoms with E-state index in [4.69, 9.17) is 15.7 Å². The number of hydrogen-bond donors (Lipinski definition) is 1. The van der Waals surface area contributed by atoms with Crippen LogP contribution in [0.5, 0.6) is 11.5 Å². The summed E-state index contributed by atoms with van der Waals surface area (Å²) in [5.74, 6) is 0.499. The summed E-state index contributed by atoms with van der Waals surface area (Å²) in [6.07, 6.45) is -4.50. The fourth-order valence-corrected chi connectivity index (χ4v) is 1.79. The van der Waals surface area contributed by atoms with Crippen LogP contribution in [0, 0.1) is 18.3 Å². The Hall–Kier alpha value is -2.68. The van der Waals surface area contributed by atoms with Crippen LogP contribution in [0.4, 0.5) is 18.9 Å². The Morgan fingerprint density at radius 1 is 1.10 bits per heavy atom. The number of nitriles is 1. The third-order valence-corrected chi connectivity index (χ3v) is 2.85. The monoisotopic (exact) mass is 292 g/mol. The summed E-state index contributed by atoms with van der Waals surface area (Å²) in [6, 6.07) is 9.37. The molecule has 3 nitrogen and oxygen atoms in total. The third-order valence-electron chi connectivity index (χ3n) is 2.85. The van der Waals surface area contributed by atoms with E-state index in [-0.39, 0.29) is 11.3 Å². The Kier molecular flexibility index (Phi) is 3.76. The molecule has 0 aromatic heterocycles. The number of anilines is 1. The molecule has 0 radical (unpaired) electrons. The second kappa shape index (κ2) is 5.37. The van der Waals surface area contributed by atoms with Gasteiger partial charge >= 0.3 is 6.18 Å². The van der Waals surface area contributed by atoms with Crippen LogP contribution in [0.2, 0.25) is 0 Å². The molecule has 21 heavy (non-hydrogen) atoms. The molecule has 0 atom stereocenters. The highest BCUT2D eigenvalue weighted by Crippen LogP contribution is 2.34. The van der Waals surface area contributed by atoms with Gasteiger partial charge in [0.2, 0.25) is 0 Å². The molecule has 0 amide bonds. The van der Waals surface area contributed by atoms with Crippen molar-refractivity contribution in [2.75, 3.05) is 5.73 Å². The van der Waals surface area contributed by atoms with Gasteiger partial charge in [-0.1, -0.05) is 0 Å². The van der Waals surface area contributed by atoms with E-state index in [1.54, 1.807) is 31.2 Å². The SMILES string of the molecule is Cc1cc(N)ccc1Oc1ccc(C(F)(F)F)cc1C#N. The molecule has 0 fully saturated rings. The number of nitrogens with zero attached hydrogens (tertiary/aromatic N) is 1. The molecule has 0 aliphatic carbocycles. The molecule has 2 rings (SSSR count). The number of hydrogen-bond acceptors (Lipinski definition) is 3. The molecule has 0 aliphatic rings. The van der Waals surface area contributed by atoms with Crippen molar-refractivity contribution in [3.05, 3.63) is 53.1 Å². The first kappa shape index (κ1) is 14.7. The quantitative estimate of drug-likeness (QED) is 0.841. The third kappa shape index (κ3) is 3.26. The lowest BCUT2D eigenvalue weighted by Crippen LogP contribution is -2.05. The van der Waals surface area contributed by atoms with E-state index >= 15 is 0 Å². The predicted octanol–water partition coefficient (Wildman–Crippen LogP) is 4.26. The van der Waals surface area contributed by atoms with Crippen molar-refractivity contribution >= 4 is 5.69 Å². The van der Waals surface area contributed by atoms with Gasteiger partial charge in [-0.2, -0.15) is 18.4 Å². The van der Waals surface area contributed by atoms with E-state index in [0.717, 1.165) is 23.8 Å². The minimum Gasteiger partial charge on any atom is -0.456 e. The highest BCUT2D eigenvalue weighted by Gasteiger charge is 2.31. The molecule has 0 saturated carbocycles. The summed E-state index contributed by atoms with van der Waals surface area (Å²) >= 11 is 0. The first-order valence-corrected chi connectivity index (χ1v) is 5.96. The van der Waals surface area contributed by atoms with Crippen molar-refractivity contribution in [2.45, 2.75) is 13.1 Å². The molecular weight excluding hydrogens is 281 g/mol. The van der Waals surface area contributed by atoms with Crippen LogP contribution < -0.4 is 10.5 Å². The number of rotatable bonds is 2. The average Bonchev–Trinajstić information content (AvgIpc) is 2.41. The maximum absolute atomic E-state index is 12.6. The topological polar surface area (TPSA) is 59.0 Å². The molecular formula is C15H11F3N2O. The average molecular weight is 292 g/mol. The number of nitrogen functional groups attached to an aromatic ring is 1. The molecule has 0 spiro atoms. The van der Waals surface area contributed by atoms with Crippen LogP contribution in [0.25, 0.3) is 0 Å². The summed E-state index contributed by atoms with van der Waals surface area (Å²) in [4.78, 5) is 0. The van der Waals surface area contributed by atoms with Gasteiger partial charge in [0.15, 0.2) is 0 Å². The van der Waals surface area contributed by atoms with Crippen LogP contribution >= 0.6 is 0 Å². The van der Waals surface area contributed by atoms with E-state index in [0.29, 0.717) is 11.4 Å². The van der Waals surface area contributed by atoms with Crippen molar-refractivity contribution in [1.29, 1.82) is 5.26 Å². The van der Waals surface area contributed by atoms with E-state index in [2.05, 4.69) is 0 Å². The summed E-state index contributed by atoms with van der Waals surface area (Å²) in [5.41, 5.74) is 5.81. The van der Waals surface area contributed by atoms with Gasteiger partial charge in [-0.05, 0) is 48.9 Å². The van der Waals surface area contributed by atoms with Crippen molar-refractivity contribution in [3.8, 4) is 17.6 Å².